The van der Waals surface area contributed by atoms with Crippen LogP contribution in [0.5, 0.6) is 11.5 Å². The Kier molecular flexibility index (Phi) is 8.34. The van der Waals surface area contributed by atoms with Gasteiger partial charge in [0, 0.05) is 11.1 Å². The molecule has 0 bridgehead atoms. The molecule has 2 nitrogen and oxygen atoms in total. The fourth-order valence-corrected chi connectivity index (χ4v) is 4.78. The lowest BCUT2D eigenvalue weighted by atomic mass is 9.99. The van der Waals surface area contributed by atoms with Crippen molar-refractivity contribution in [3.63, 3.8) is 0 Å². The summed E-state index contributed by atoms with van der Waals surface area (Å²) in [6.45, 7) is 0. The Hall–Kier alpha value is -5.60. The van der Waals surface area contributed by atoms with Gasteiger partial charge < -0.3 is 9.47 Å². The van der Waals surface area contributed by atoms with Gasteiger partial charge in [-0.1, -0.05) is 146 Å². The van der Waals surface area contributed by atoms with Crippen molar-refractivity contribution in [2.24, 2.45) is 0 Å². The molecule has 0 unspecified atom stereocenters. The average molecular weight is 543 g/mol. The molecule has 0 saturated heterocycles. The Morgan fingerprint density at radius 1 is 0.310 bits per heavy atom. The van der Waals surface area contributed by atoms with Crippen molar-refractivity contribution in [2.75, 3.05) is 0 Å². The summed E-state index contributed by atoms with van der Waals surface area (Å²) in [7, 11) is 0. The van der Waals surface area contributed by atoms with Gasteiger partial charge in [0.05, 0.1) is 12.5 Å². The summed E-state index contributed by atoms with van der Waals surface area (Å²) in [5.41, 5.74) is 8.71. The van der Waals surface area contributed by atoms with E-state index in [1.54, 1.807) is 0 Å². The van der Waals surface area contributed by atoms with E-state index < -0.39 is 0 Å². The van der Waals surface area contributed by atoms with Gasteiger partial charge in [0.1, 0.15) is 11.5 Å². The smallest absolute Gasteiger partial charge is 0.126 e. The molecule has 6 rings (SSSR count). The van der Waals surface area contributed by atoms with E-state index in [-0.39, 0.29) is 0 Å². The highest BCUT2D eigenvalue weighted by Crippen LogP contribution is 2.28. The summed E-state index contributed by atoms with van der Waals surface area (Å²) in [4.78, 5) is 0. The largest absolute Gasteiger partial charge is 0.464 e. The lowest BCUT2D eigenvalue weighted by Gasteiger charge is -2.10. The highest BCUT2D eigenvalue weighted by molar-refractivity contribution is 5.80. The van der Waals surface area contributed by atoms with Crippen LogP contribution in [0.4, 0.5) is 0 Å². The van der Waals surface area contributed by atoms with Crippen LogP contribution in [0.25, 0.3) is 22.3 Å². The van der Waals surface area contributed by atoms with Crippen LogP contribution < -0.4 is 9.47 Å². The predicted octanol–water partition coefficient (Wildman–Crippen LogP) is 10.3. The highest BCUT2D eigenvalue weighted by Gasteiger charge is 2.07. The minimum atomic E-state index is 0.780. The van der Waals surface area contributed by atoms with Crippen LogP contribution in [-0.4, -0.2) is 0 Å². The van der Waals surface area contributed by atoms with Crippen LogP contribution in [0.2, 0.25) is 0 Å². The zero-order valence-corrected chi connectivity index (χ0v) is 23.1. The Labute approximate surface area is 247 Å². The standard InChI is InChI=1S/C40H30O2/c1-5-13-33(14-6-1)39(34-15-7-2-8-16-34)29-41-37-25-21-31(22-26-37)32-23-27-38(28-24-32)42-30-40(35-17-9-3-10-18-35)36-19-11-4-12-20-36/h1-30H. The van der Waals surface area contributed by atoms with E-state index in [9.17, 15) is 0 Å². The Balaban J connectivity index is 1.17. The molecule has 0 spiro atoms. The number of hydrogen-bond acceptors (Lipinski definition) is 2. The molecule has 42 heavy (non-hydrogen) atoms. The lowest BCUT2D eigenvalue weighted by molar-refractivity contribution is 0.483. The van der Waals surface area contributed by atoms with Crippen molar-refractivity contribution < 1.29 is 9.47 Å². The Morgan fingerprint density at radius 3 is 0.833 bits per heavy atom. The van der Waals surface area contributed by atoms with Gasteiger partial charge >= 0.3 is 0 Å². The minimum absolute atomic E-state index is 0.780. The number of rotatable bonds is 9. The molecule has 202 valence electrons. The Bertz CT molecular complexity index is 1540. The van der Waals surface area contributed by atoms with E-state index in [1.165, 1.54) is 0 Å². The molecule has 0 amide bonds. The molecule has 0 aliphatic carbocycles. The zero-order valence-electron chi connectivity index (χ0n) is 23.1. The summed E-state index contributed by atoms with van der Waals surface area (Å²) >= 11 is 0. The van der Waals surface area contributed by atoms with Gasteiger partial charge in [0.25, 0.3) is 0 Å². The molecule has 0 N–H and O–H groups in total. The molecule has 0 heterocycles. The van der Waals surface area contributed by atoms with E-state index in [0.29, 0.717) is 0 Å². The van der Waals surface area contributed by atoms with Gasteiger partial charge in [-0.25, -0.2) is 0 Å². The lowest BCUT2D eigenvalue weighted by Crippen LogP contribution is -1.92. The van der Waals surface area contributed by atoms with E-state index >= 15 is 0 Å². The van der Waals surface area contributed by atoms with Gasteiger partial charge in [0.15, 0.2) is 0 Å². The fourth-order valence-electron chi connectivity index (χ4n) is 4.78. The van der Waals surface area contributed by atoms with Crippen molar-refractivity contribution in [1.82, 2.24) is 0 Å². The maximum Gasteiger partial charge on any atom is 0.126 e. The normalized spacial score (nSPS) is 10.4. The van der Waals surface area contributed by atoms with E-state index in [4.69, 9.17) is 9.47 Å². The summed E-state index contributed by atoms with van der Waals surface area (Å²) in [6, 6.07) is 57.5. The molecule has 0 radical (unpaired) electrons. The van der Waals surface area contributed by atoms with Gasteiger partial charge in [-0.15, -0.1) is 0 Å². The third-order valence-electron chi connectivity index (χ3n) is 7.01. The van der Waals surface area contributed by atoms with E-state index in [1.807, 2.05) is 110 Å². The highest BCUT2D eigenvalue weighted by atomic mass is 16.5. The molecule has 6 aromatic rings. The number of hydrogen-bond donors (Lipinski definition) is 0. The van der Waals surface area contributed by atoms with Crippen LogP contribution in [0.3, 0.4) is 0 Å². The van der Waals surface area contributed by atoms with E-state index in [0.717, 1.165) is 56.0 Å². The summed E-state index contributed by atoms with van der Waals surface area (Å²) in [5, 5.41) is 0. The van der Waals surface area contributed by atoms with Crippen molar-refractivity contribution in [3.8, 4) is 22.6 Å². The second-order valence-corrected chi connectivity index (χ2v) is 9.81. The topological polar surface area (TPSA) is 18.5 Å². The predicted molar refractivity (Wildman–Crippen MR) is 173 cm³/mol. The second-order valence-electron chi connectivity index (χ2n) is 9.81. The molecule has 0 saturated carbocycles. The van der Waals surface area contributed by atoms with Gasteiger partial charge in [-0.05, 0) is 57.6 Å². The molecule has 0 aliphatic heterocycles. The third kappa shape index (κ3) is 6.57. The van der Waals surface area contributed by atoms with Crippen molar-refractivity contribution >= 4 is 11.1 Å². The molecule has 2 heteroatoms. The Morgan fingerprint density at radius 2 is 0.571 bits per heavy atom. The summed E-state index contributed by atoms with van der Waals surface area (Å²) < 4.78 is 12.3. The van der Waals surface area contributed by atoms with Crippen LogP contribution >= 0.6 is 0 Å². The molecule has 0 aliphatic rings. The molecule has 6 aromatic carbocycles. The first kappa shape index (κ1) is 26.6. The van der Waals surface area contributed by atoms with Crippen molar-refractivity contribution in [3.05, 3.63) is 205 Å². The number of benzene rings is 6. The third-order valence-corrected chi connectivity index (χ3v) is 7.01. The average Bonchev–Trinajstić information content (AvgIpc) is 3.08. The van der Waals surface area contributed by atoms with Crippen LogP contribution in [0, 0.1) is 0 Å². The zero-order chi connectivity index (χ0) is 28.4. The number of ether oxygens (including phenoxy) is 2. The maximum atomic E-state index is 6.13. The molecular formula is C40H30O2. The molecular weight excluding hydrogens is 512 g/mol. The quantitative estimate of drug-likeness (QED) is 0.169. The van der Waals surface area contributed by atoms with Crippen LogP contribution in [0.1, 0.15) is 22.3 Å². The first-order valence-corrected chi connectivity index (χ1v) is 14.0. The molecule has 0 atom stereocenters. The monoisotopic (exact) mass is 542 g/mol. The summed E-state index contributed by atoms with van der Waals surface area (Å²) in [6.07, 6.45) is 3.66. The van der Waals surface area contributed by atoms with Crippen LogP contribution in [0.15, 0.2) is 182 Å². The minimum Gasteiger partial charge on any atom is -0.464 e. The first-order valence-electron chi connectivity index (χ1n) is 14.0. The van der Waals surface area contributed by atoms with Crippen molar-refractivity contribution in [2.45, 2.75) is 0 Å². The SMILES string of the molecule is C(Oc1ccc(-c2ccc(OC=C(c3ccccc3)c3ccccc3)cc2)cc1)=C(c1ccccc1)c1ccccc1. The maximum absolute atomic E-state index is 6.13. The van der Waals surface area contributed by atoms with Gasteiger partial charge in [-0.2, -0.15) is 0 Å². The fraction of sp³-hybridized carbons (Fsp3) is 0. The van der Waals surface area contributed by atoms with E-state index in [2.05, 4.69) is 72.8 Å². The van der Waals surface area contributed by atoms with Crippen LogP contribution in [-0.2, 0) is 0 Å². The first-order chi connectivity index (χ1) is 20.8. The molecule has 0 fully saturated rings. The molecule has 0 aromatic heterocycles. The van der Waals surface area contributed by atoms with Gasteiger partial charge in [-0.3, -0.25) is 0 Å². The van der Waals surface area contributed by atoms with Gasteiger partial charge in [0.2, 0.25) is 0 Å². The van der Waals surface area contributed by atoms with Crippen molar-refractivity contribution in [1.29, 1.82) is 0 Å². The second kappa shape index (κ2) is 13.2. The summed E-state index contributed by atoms with van der Waals surface area (Å²) in [5.74, 6) is 1.56.